The maximum atomic E-state index is 14.0. The van der Waals surface area contributed by atoms with E-state index in [1.54, 1.807) is 4.90 Å². The molecule has 2 aromatic carbocycles. The Bertz CT molecular complexity index is 1280. The minimum atomic E-state index is -4.72. The maximum Gasteiger partial charge on any atom is 0.420 e. The van der Waals surface area contributed by atoms with E-state index >= 15 is 0 Å². The van der Waals surface area contributed by atoms with Gasteiger partial charge in [0, 0.05) is 25.2 Å². The lowest BCUT2D eigenvalue weighted by Crippen LogP contribution is -2.24. The number of carbonyl (C=O) groups is 1. The molecule has 0 fully saturated rings. The van der Waals surface area contributed by atoms with Crippen LogP contribution in [-0.4, -0.2) is 46.4 Å². The first-order valence-corrected chi connectivity index (χ1v) is 13.2. The number of hydrogen-bond donors (Lipinski definition) is 1. The Kier molecular flexibility index (Phi) is 9.78. The number of aromatic carboxylic acids is 1. The molecule has 6 nitrogen and oxygen atoms in total. The first-order chi connectivity index (χ1) is 18.2. The number of fused-ring (bicyclic) bond motifs is 1. The Labute approximate surface area is 229 Å². The lowest BCUT2D eigenvalue weighted by atomic mass is 10.1. The Morgan fingerprint density at radius 1 is 1.13 bits per heavy atom. The monoisotopic (exact) mass is 593 g/mol. The van der Waals surface area contributed by atoms with Crippen molar-refractivity contribution in [3.63, 3.8) is 0 Å². The van der Waals surface area contributed by atoms with Crippen molar-refractivity contribution in [3.05, 3.63) is 63.9 Å². The first-order valence-electron chi connectivity index (χ1n) is 11.5. The van der Waals surface area contributed by atoms with Crippen molar-refractivity contribution in [1.29, 1.82) is 0 Å². The quantitative estimate of drug-likeness (QED) is 0.232. The Hall–Kier alpha value is -2.97. The molecule has 0 bridgehead atoms. The summed E-state index contributed by atoms with van der Waals surface area (Å²) in [6.45, 7) is 2.93. The van der Waals surface area contributed by atoms with Crippen LogP contribution in [0, 0.1) is 5.82 Å². The summed E-state index contributed by atoms with van der Waals surface area (Å²) in [4.78, 5) is 17.4. The van der Waals surface area contributed by atoms with Gasteiger partial charge in [-0.25, -0.2) is 27.3 Å². The third-order valence-electron chi connectivity index (χ3n) is 5.51. The fourth-order valence-corrected chi connectivity index (χ4v) is 4.92. The highest BCUT2D eigenvalue weighted by atomic mass is 32.2. The van der Waals surface area contributed by atoms with Crippen molar-refractivity contribution >= 4 is 40.6 Å². The molecule has 0 aliphatic carbocycles. The summed E-state index contributed by atoms with van der Waals surface area (Å²) < 4.78 is 85.6. The van der Waals surface area contributed by atoms with Crippen molar-refractivity contribution in [2.45, 2.75) is 43.9 Å². The van der Waals surface area contributed by atoms with E-state index in [2.05, 4.69) is 4.98 Å². The van der Waals surface area contributed by atoms with Gasteiger partial charge in [-0.3, -0.25) is 0 Å². The molecule has 0 saturated carbocycles. The molecule has 0 atom stereocenters. The SMILES string of the molecule is CCC(C)(F)F.CN1CCN(c2ccc(F)cc2)c2cc(C(F)(F)F)c(OCc3scnc3C(=O)O)cc2S1. The normalized spacial score (nSPS) is 14.2. The zero-order valence-electron chi connectivity index (χ0n) is 21.1. The molecule has 3 aromatic rings. The molecular formula is C25H25F6N3O3S2. The number of rotatable bonds is 6. The van der Waals surface area contributed by atoms with Crippen LogP contribution in [-0.2, 0) is 12.8 Å². The number of hydrogen-bond acceptors (Lipinski definition) is 7. The molecule has 0 amide bonds. The van der Waals surface area contributed by atoms with E-state index in [9.17, 15) is 36.2 Å². The van der Waals surface area contributed by atoms with Gasteiger partial charge in [-0.1, -0.05) is 6.92 Å². The van der Waals surface area contributed by atoms with E-state index in [0.717, 1.165) is 24.3 Å². The van der Waals surface area contributed by atoms with E-state index in [-0.39, 0.29) is 23.6 Å². The zero-order chi connectivity index (χ0) is 29.0. The highest BCUT2D eigenvalue weighted by Crippen LogP contribution is 2.46. The predicted octanol–water partition coefficient (Wildman–Crippen LogP) is 7.72. The minimum absolute atomic E-state index is 0.0625. The lowest BCUT2D eigenvalue weighted by molar-refractivity contribution is -0.139. The molecule has 1 aliphatic rings. The van der Waals surface area contributed by atoms with Crippen molar-refractivity contribution in [2.75, 3.05) is 25.0 Å². The molecule has 212 valence electrons. The van der Waals surface area contributed by atoms with E-state index in [1.165, 1.54) is 54.7 Å². The topological polar surface area (TPSA) is 65.9 Å². The van der Waals surface area contributed by atoms with Gasteiger partial charge in [0.1, 0.15) is 18.2 Å². The average Bonchev–Trinajstić information content (AvgIpc) is 3.26. The van der Waals surface area contributed by atoms with Crippen molar-refractivity contribution in [2.24, 2.45) is 0 Å². The first kappa shape index (κ1) is 30.6. The standard InChI is InChI=1S/C21H17F4N3O3S2.C4H8F2/c1-27-6-7-28(13-4-2-12(22)3-5-13)15-8-14(21(23,24)25)16(9-17(15)33-27)31-10-18-19(20(29)30)26-11-32-18;1-3-4(2,5)6/h2-5,8-9,11H,6-7,10H2,1H3,(H,29,30);3H2,1-2H3. The van der Waals surface area contributed by atoms with Crippen LogP contribution >= 0.6 is 23.3 Å². The fourth-order valence-electron chi connectivity index (χ4n) is 3.33. The van der Waals surface area contributed by atoms with Gasteiger partial charge in [0.05, 0.1) is 26.5 Å². The minimum Gasteiger partial charge on any atom is -0.487 e. The predicted molar refractivity (Wildman–Crippen MR) is 138 cm³/mol. The van der Waals surface area contributed by atoms with Gasteiger partial charge in [0.15, 0.2) is 5.69 Å². The van der Waals surface area contributed by atoms with Crippen LogP contribution in [0.3, 0.4) is 0 Å². The second kappa shape index (κ2) is 12.5. The van der Waals surface area contributed by atoms with E-state index in [4.69, 9.17) is 4.74 Å². The average molecular weight is 594 g/mol. The number of likely N-dealkylation sites (N-methyl/N-ethyl adjacent to an activating group) is 1. The molecule has 39 heavy (non-hydrogen) atoms. The van der Waals surface area contributed by atoms with Crippen molar-refractivity contribution in [3.8, 4) is 5.75 Å². The molecule has 1 aromatic heterocycles. The molecule has 0 saturated heterocycles. The Morgan fingerprint density at radius 2 is 1.77 bits per heavy atom. The second-order valence-corrected chi connectivity index (χ2v) is 10.7. The number of alkyl halides is 5. The molecule has 1 N–H and O–H groups in total. The van der Waals surface area contributed by atoms with E-state index < -0.39 is 35.2 Å². The molecule has 4 rings (SSSR count). The third kappa shape index (κ3) is 8.26. The number of anilines is 2. The van der Waals surface area contributed by atoms with Gasteiger partial charge >= 0.3 is 12.1 Å². The summed E-state index contributed by atoms with van der Waals surface area (Å²) >= 11 is 2.26. The van der Waals surface area contributed by atoms with E-state index in [0.29, 0.717) is 29.4 Å². The molecule has 0 radical (unpaired) electrons. The van der Waals surface area contributed by atoms with Crippen molar-refractivity contribution < 1.29 is 41.0 Å². The number of carboxylic acid groups (broad SMARTS) is 1. The number of nitrogens with zero attached hydrogens (tertiary/aromatic N) is 3. The summed E-state index contributed by atoms with van der Waals surface area (Å²) in [5.74, 6) is -4.59. The van der Waals surface area contributed by atoms with Crippen LogP contribution in [0.2, 0.25) is 0 Å². The van der Waals surface area contributed by atoms with Gasteiger partial charge in [-0.15, -0.1) is 11.3 Å². The summed E-state index contributed by atoms with van der Waals surface area (Å²) in [7, 11) is 1.82. The van der Waals surface area contributed by atoms with Gasteiger partial charge in [0.25, 0.3) is 0 Å². The maximum absolute atomic E-state index is 14.0. The number of aromatic nitrogens is 1. The second-order valence-electron chi connectivity index (χ2n) is 8.53. The zero-order valence-corrected chi connectivity index (χ0v) is 22.7. The van der Waals surface area contributed by atoms with Crippen LogP contribution in [0.1, 0.15) is 41.2 Å². The molecular weight excluding hydrogens is 568 g/mol. The highest BCUT2D eigenvalue weighted by Gasteiger charge is 2.37. The number of thiazole rings is 1. The van der Waals surface area contributed by atoms with Gasteiger partial charge in [-0.2, -0.15) is 13.2 Å². The van der Waals surface area contributed by atoms with Crippen LogP contribution in [0.5, 0.6) is 5.75 Å². The largest absolute Gasteiger partial charge is 0.487 e. The molecule has 0 spiro atoms. The molecule has 2 heterocycles. The number of carboxylic acids is 1. The molecule has 0 unspecified atom stereocenters. The van der Waals surface area contributed by atoms with Gasteiger partial charge in [-0.05, 0) is 62.3 Å². The fraction of sp³-hybridized carbons (Fsp3) is 0.360. The summed E-state index contributed by atoms with van der Waals surface area (Å²) in [5.41, 5.74) is 0.945. The van der Waals surface area contributed by atoms with Crippen LogP contribution < -0.4 is 9.64 Å². The highest BCUT2D eigenvalue weighted by molar-refractivity contribution is 7.97. The lowest BCUT2D eigenvalue weighted by Gasteiger charge is -2.26. The number of benzene rings is 2. The third-order valence-corrected chi connectivity index (χ3v) is 7.34. The van der Waals surface area contributed by atoms with Crippen LogP contribution in [0.25, 0.3) is 0 Å². The molecule has 14 heteroatoms. The number of halogens is 6. The Balaban J connectivity index is 0.000000631. The summed E-state index contributed by atoms with van der Waals surface area (Å²) in [5, 5.41) is 9.18. The molecule has 1 aliphatic heterocycles. The van der Waals surface area contributed by atoms with Crippen LogP contribution in [0.15, 0.2) is 46.8 Å². The number of ether oxygens (including phenoxy) is 1. The van der Waals surface area contributed by atoms with Crippen molar-refractivity contribution in [1.82, 2.24) is 9.29 Å². The summed E-state index contributed by atoms with van der Waals surface area (Å²) in [6.07, 6.45) is -4.78. The van der Waals surface area contributed by atoms with E-state index in [1.807, 2.05) is 11.4 Å². The smallest absolute Gasteiger partial charge is 0.420 e. The summed E-state index contributed by atoms with van der Waals surface area (Å²) in [6, 6.07) is 7.88. The van der Waals surface area contributed by atoms with Crippen LogP contribution in [0.4, 0.5) is 37.7 Å². The Morgan fingerprint density at radius 3 is 2.33 bits per heavy atom. The van der Waals surface area contributed by atoms with Gasteiger partial charge in [0.2, 0.25) is 5.92 Å². The van der Waals surface area contributed by atoms with Gasteiger partial charge < -0.3 is 14.7 Å².